The second kappa shape index (κ2) is 6.64. The van der Waals surface area contributed by atoms with Crippen molar-refractivity contribution in [2.75, 3.05) is 6.61 Å². The number of oxime groups is 1. The summed E-state index contributed by atoms with van der Waals surface area (Å²) in [7, 11) is -2.08. The Morgan fingerprint density at radius 2 is 1.90 bits per heavy atom. The Bertz CT molecular complexity index is 433. The average molecular weight is 313 g/mol. The summed E-state index contributed by atoms with van der Waals surface area (Å²) < 4.78 is 11.0. The second-order valence-electron chi connectivity index (χ2n) is 6.75. The van der Waals surface area contributed by atoms with Crippen LogP contribution in [0.4, 0.5) is 0 Å². The van der Waals surface area contributed by atoms with Crippen molar-refractivity contribution in [1.29, 1.82) is 0 Å². The zero-order valence-corrected chi connectivity index (χ0v) is 15.0. The van der Waals surface area contributed by atoms with Gasteiger partial charge in [0.05, 0.1) is 6.61 Å². The molecule has 0 aromatic heterocycles. The van der Waals surface area contributed by atoms with Gasteiger partial charge in [-0.3, -0.25) is 0 Å². The predicted octanol–water partition coefficient (Wildman–Crippen LogP) is 3.62. The monoisotopic (exact) mass is 313 g/mol. The molecule has 0 aromatic carbocycles. The molecule has 0 heterocycles. The van der Waals surface area contributed by atoms with E-state index in [-0.39, 0.29) is 29.2 Å². The molecule has 5 nitrogen and oxygen atoms in total. The Balaban J connectivity index is 2.84. The zero-order chi connectivity index (χ0) is 16.3. The van der Waals surface area contributed by atoms with Crippen molar-refractivity contribution in [2.24, 2.45) is 5.16 Å². The number of rotatable bonds is 7. The van der Waals surface area contributed by atoms with Gasteiger partial charge in [-0.2, -0.15) is 0 Å². The van der Waals surface area contributed by atoms with Crippen LogP contribution >= 0.6 is 0 Å². The van der Waals surface area contributed by atoms with E-state index in [1.165, 1.54) is 0 Å². The average Bonchev–Trinajstić information content (AvgIpc) is 3.11. The van der Waals surface area contributed by atoms with Crippen LogP contribution < -0.4 is 0 Å². The van der Waals surface area contributed by atoms with E-state index in [0.717, 1.165) is 12.8 Å². The lowest BCUT2D eigenvalue weighted by atomic mass is 10.2. The largest absolute Gasteiger partial charge is 0.542 e. The maximum absolute atomic E-state index is 12.0. The molecule has 1 rings (SSSR count). The molecule has 21 heavy (non-hydrogen) atoms. The summed E-state index contributed by atoms with van der Waals surface area (Å²) in [5, 5.41) is 3.92. The van der Waals surface area contributed by atoms with Crippen molar-refractivity contribution in [2.45, 2.75) is 64.8 Å². The minimum atomic E-state index is -2.08. The SMILES string of the molecule is C=C(O[Si](C)(C)C(C)(C)C)C(=NOC1CC1)C(=O)OCC. The van der Waals surface area contributed by atoms with Crippen molar-refractivity contribution in [1.82, 2.24) is 0 Å². The lowest BCUT2D eigenvalue weighted by Gasteiger charge is -2.36. The van der Waals surface area contributed by atoms with Crippen LogP contribution in [0.5, 0.6) is 0 Å². The molecule has 0 spiro atoms. The van der Waals surface area contributed by atoms with E-state index in [0.29, 0.717) is 0 Å². The lowest BCUT2D eigenvalue weighted by Crippen LogP contribution is -2.42. The molecule has 0 amide bonds. The summed E-state index contributed by atoms with van der Waals surface area (Å²) in [5.74, 6) is -0.317. The highest BCUT2D eigenvalue weighted by Gasteiger charge is 2.40. The van der Waals surface area contributed by atoms with Crippen LogP contribution in [0.1, 0.15) is 40.5 Å². The van der Waals surface area contributed by atoms with E-state index in [9.17, 15) is 4.79 Å². The zero-order valence-electron chi connectivity index (χ0n) is 14.0. The first-order valence-electron chi connectivity index (χ1n) is 7.37. The minimum absolute atomic E-state index is 0.00700. The highest BCUT2D eigenvalue weighted by Crippen LogP contribution is 2.38. The number of ether oxygens (including phenoxy) is 1. The van der Waals surface area contributed by atoms with Gasteiger partial charge in [0, 0.05) is 0 Å². The number of carbonyl (C=O) groups excluding carboxylic acids is 1. The second-order valence-corrected chi connectivity index (χ2v) is 11.5. The standard InChI is InChI=1S/C15H27NO4Si/c1-8-18-14(17)13(16-19-12-9-10-12)11(2)20-21(6,7)15(3,4)5/h12H,2,8-10H2,1,3-7H3. The molecule has 1 fully saturated rings. The van der Waals surface area contributed by atoms with Gasteiger partial charge in [0.15, 0.2) is 0 Å². The number of hydrogen-bond donors (Lipinski definition) is 0. The third-order valence-electron chi connectivity index (χ3n) is 3.73. The van der Waals surface area contributed by atoms with Gasteiger partial charge in [0.1, 0.15) is 11.9 Å². The summed E-state index contributed by atoms with van der Waals surface area (Å²) in [4.78, 5) is 17.3. The highest BCUT2D eigenvalue weighted by molar-refractivity contribution is 6.74. The van der Waals surface area contributed by atoms with Gasteiger partial charge < -0.3 is 14.0 Å². The maximum Gasteiger partial charge on any atom is 0.364 e. The smallest absolute Gasteiger partial charge is 0.364 e. The topological polar surface area (TPSA) is 57.1 Å². The Hall–Kier alpha value is -1.30. The van der Waals surface area contributed by atoms with Gasteiger partial charge in [-0.15, -0.1) is 0 Å². The third kappa shape index (κ3) is 5.19. The number of nitrogens with zero attached hydrogens (tertiary/aromatic N) is 1. The van der Waals surface area contributed by atoms with Crippen LogP contribution in [0.3, 0.4) is 0 Å². The summed E-state index contributed by atoms with van der Waals surface area (Å²) >= 11 is 0. The predicted molar refractivity (Wildman–Crippen MR) is 85.6 cm³/mol. The molecule has 0 atom stereocenters. The lowest BCUT2D eigenvalue weighted by molar-refractivity contribution is -0.135. The van der Waals surface area contributed by atoms with Crippen molar-refractivity contribution in [3.63, 3.8) is 0 Å². The van der Waals surface area contributed by atoms with Gasteiger partial charge in [0.2, 0.25) is 5.71 Å². The molecule has 0 bridgehead atoms. The first kappa shape index (κ1) is 17.7. The van der Waals surface area contributed by atoms with Crippen LogP contribution in [-0.4, -0.2) is 32.7 Å². The molecule has 0 saturated heterocycles. The fourth-order valence-electron chi connectivity index (χ4n) is 1.21. The molecular formula is C15H27NO4Si. The van der Waals surface area contributed by atoms with Crippen LogP contribution in [0.25, 0.3) is 0 Å². The molecule has 0 aromatic rings. The number of esters is 1. The van der Waals surface area contributed by atoms with Gasteiger partial charge in [-0.25, -0.2) is 4.79 Å². The van der Waals surface area contributed by atoms with Crippen LogP contribution in [-0.2, 0) is 18.8 Å². The normalized spacial score (nSPS) is 16.4. The summed E-state index contributed by atoms with van der Waals surface area (Å²) in [6.45, 7) is 16.4. The molecule has 1 aliphatic rings. The van der Waals surface area contributed by atoms with Gasteiger partial charge in [-0.05, 0) is 37.9 Å². The molecule has 1 aliphatic carbocycles. The molecule has 120 valence electrons. The molecular weight excluding hydrogens is 286 g/mol. The maximum atomic E-state index is 12.0. The summed E-state index contributed by atoms with van der Waals surface area (Å²) in [6.07, 6.45) is 2.04. The molecule has 0 radical (unpaired) electrons. The summed E-state index contributed by atoms with van der Waals surface area (Å²) in [6, 6.07) is 0. The Labute approximate surface area is 128 Å². The summed E-state index contributed by atoms with van der Waals surface area (Å²) in [5.41, 5.74) is 0.0357. The van der Waals surface area contributed by atoms with Gasteiger partial charge in [0.25, 0.3) is 8.32 Å². The van der Waals surface area contributed by atoms with Crippen molar-refractivity contribution < 1.29 is 18.8 Å². The number of hydrogen-bond acceptors (Lipinski definition) is 5. The first-order chi connectivity index (χ1) is 9.58. The molecule has 0 N–H and O–H groups in total. The number of carbonyl (C=O) groups is 1. The van der Waals surface area contributed by atoms with Gasteiger partial charge in [-0.1, -0.05) is 32.5 Å². The van der Waals surface area contributed by atoms with Crippen molar-refractivity contribution in [3.05, 3.63) is 12.3 Å². The van der Waals surface area contributed by atoms with Crippen molar-refractivity contribution in [3.8, 4) is 0 Å². The van der Waals surface area contributed by atoms with E-state index in [4.69, 9.17) is 14.0 Å². The molecule has 0 unspecified atom stereocenters. The quantitative estimate of drug-likeness (QED) is 0.237. The highest BCUT2D eigenvalue weighted by atomic mass is 28.4. The minimum Gasteiger partial charge on any atom is -0.542 e. The molecule has 6 heteroatoms. The molecule has 1 saturated carbocycles. The van der Waals surface area contributed by atoms with Crippen LogP contribution in [0.15, 0.2) is 17.5 Å². The van der Waals surface area contributed by atoms with Gasteiger partial charge >= 0.3 is 5.97 Å². The fourth-order valence-corrected chi connectivity index (χ4v) is 2.23. The first-order valence-corrected chi connectivity index (χ1v) is 10.3. The Morgan fingerprint density at radius 3 is 2.33 bits per heavy atom. The van der Waals surface area contributed by atoms with E-state index in [1.54, 1.807) is 6.92 Å². The fraction of sp³-hybridized carbons (Fsp3) is 0.733. The Morgan fingerprint density at radius 1 is 1.33 bits per heavy atom. The third-order valence-corrected chi connectivity index (χ3v) is 8.10. The van der Waals surface area contributed by atoms with Crippen molar-refractivity contribution >= 4 is 20.0 Å². The van der Waals surface area contributed by atoms with E-state index in [1.807, 2.05) is 0 Å². The van der Waals surface area contributed by atoms with E-state index in [2.05, 4.69) is 45.6 Å². The Kier molecular flexibility index (Phi) is 5.61. The van der Waals surface area contributed by atoms with E-state index >= 15 is 0 Å². The van der Waals surface area contributed by atoms with E-state index < -0.39 is 14.3 Å². The van der Waals surface area contributed by atoms with Crippen LogP contribution in [0.2, 0.25) is 18.1 Å². The van der Waals surface area contributed by atoms with Crippen LogP contribution in [0, 0.1) is 0 Å². The molecule has 0 aliphatic heterocycles.